The minimum absolute atomic E-state index is 0.0727. The second kappa shape index (κ2) is 32.1. The third-order valence-electron chi connectivity index (χ3n) is 5.78. The van der Waals surface area contributed by atoms with Gasteiger partial charge in [-0.1, -0.05) is 0 Å². The van der Waals surface area contributed by atoms with Crippen molar-refractivity contribution in [3.8, 4) is 5.75 Å². The molecular formula is C31H47F5O15. The molecule has 0 spiro atoms. The smallest absolute Gasteiger partial charge is 0.329 e. The molecule has 0 aliphatic carbocycles. The molecule has 0 aliphatic rings. The summed E-state index contributed by atoms with van der Waals surface area (Å²) in [5, 5.41) is 8.42. The van der Waals surface area contributed by atoms with E-state index in [1.807, 2.05) is 0 Å². The highest BCUT2D eigenvalue weighted by molar-refractivity contribution is 5.72. The van der Waals surface area contributed by atoms with Crippen LogP contribution >= 0.6 is 0 Å². The summed E-state index contributed by atoms with van der Waals surface area (Å²) in [5.41, 5.74) is 0. The van der Waals surface area contributed by atoms with Gasteiger partial charge < -0.3 is 61.9 Å². The zero-order chi connectivity index (χ0) is 37.4. The van der Waals surface area contributed by atoms with Crippen molar-refractivity contribution in [3.63, 3.8) is 0 Å². The van der Waals surface area contributed by atoms with Gasteiger partial charge >= 0.3 is 11.9 Å². The first-order valence-corrected chi connectivity index (χ1v) is 16.0. The largest absolute Gasteiger partial charge is 0.480 e. The molecule has 1 rings (SSSR count). The maximum atomic E-state index is 13.5. The van der Waals surface area contributed by atoms with Crippen LogP contribution in [0.4, 0.5) is 22.0 Å². The Balaban J connectivity index is 1.74. The Hall–Kier alpha value is -2.63. The SMILES string of the molecule is O=C(O)COCCOCCOCCOCCOCCOCCOCCOCCOCCOCCOCCC(=O)Oc1c(F)c(F)c(F)c(F)c1F. The van der Waals surface area contributed by atoms with Crippen molar-refractivity contribution < 1.29 is 93.5 Å². The molecule has 0 bridgehead atoms. The van der Waals surface area contributed by atoms with E-state index < -0.39 is 53.2 Å². The standard InChI is InChI=1S/C31H47F5O15/c32-26-27(33)29(35)31(30(36)28(26)34)51-25(39)1-2-40-3-4-41-5-6-42-7-8-43-9-10-44-11-12-45-13-14-46-15-16-47-17-18-48-19-20-49-21-22-50-23-24(37)38/h1-23H2,(H,37,38). The Morgan fingerprint density at radius 1 is 0.373 bits per heavy atom. The van der Waals surface area contributed by atoms with Gasteiger partial charge in [-0.25, -0.2) is 18.0 Å². The van der Waals surface area contributed by atoms with Crippen molar-refractivity contribution in [2.45, 2.75) is 6.42 Å². The fourth-order valence-corrected chi connectivity index (χ4v) is 3.35. The van der Waals surface area contributed by atoms with Crippen LogP contribution in [0.3, 0.4) is 0 Å². The van der Waals surface area contributed by atoms with Crippen LogP contribution < -0.4 is 4.74 Å². The molecule has 1 N–H and O–H groups in total. The Morgan fingerprint density at radius 2 is 0.608 bits per heavy atom. The number of benzene rings is 1. The van der Waals surface area contributed by atoms with E-state index in [4.69, 9.17) is 57.2 Å². The van der Waals surface area contributed by atoms with Crippen LogP contribution in [0.2, 0.25) is 0 Å². The Kier molecular flexibility index (Phi) is 29.2. The van der Waals surface area contributed by atoms with E-state index in [1.54, 1.807) is 0 Å². The van der Waals surface area contributed by atoms with Crippen molar-refractivity contribution in [2.24, 2.45) is 0 Å². The average Bonchev–Trinajstić information content (AvgIpc) is 3.11. The minimum Gasteiger partial charge on any atom is -0.480 e. The molecule has 296 valence electrons. The minimum atomic E-state index is -2.35. The molecule has 0 saturated heterocycles. The Bertz CT molecular complexity index is 1030. The fraction of sp³-hybridized carbons (Fsp3) is 0.742. The van der Waals surface area contributed by atoms with Gasteiger partial charge in [-0.15, -0.1) is 0 Å². The first kappa shape index (κ1) is 46.4. The summed E-state index contributed by atoms with van der Waals surface area (Å²) < 4.78 is 129. The Morgan fingerprint density at radius 3 is 0.882 bits per heavy atom. The highest BCUT2D eigenvalue weighted by Gasteiger charge is 2.28. The zero-order valence-corrected chi connectivity index (χ0v) is 28.3. The van der Waals surface area contributed by atoms with Gasteiger partial charge in [0.25, 0.3) is 0 Å². The van der Waals surface area contributed by atoms with Gasteiger partial charge in [-0.3, -0.25) is 4.79 Å². The number of carbonyl (C=O) groups is 2. The number of esters is 1. The number of halogens is 5. The molecule has 1 aromatic rings. The molecule has 51 heavy (non-hydrogen) atoms. The number of carbonyl (C=O) groups excluding carboxylic acids is 1. The topological polar surface area (TPSA) is 165 Å². The van der Waals surface area contributed by atoms with Gasteiger partial charge in [0, 0.05) is 0 Å². The van der Waals surface area contributed by atoms with E-state index in [2.05, 4.69) is 4.74 Å². The number of aliphatic carboxylic acids is 1. The van der Waals surface area contributed by atoms with E-state index in [0.29, 0.717) is 106 Å². The quantitative estimate of drug-likeness (QED) is 0.0264. The van der Waals surface area contributed by atoms with Crippen LogP contribution in [0.5, 0.6) is 5.75 Å². The lowest BCUT2D eigenvalue weighted by molar-refractivity contribution is -0.142. The van der Waals surface area contributed by atoms with E-state index >= 15 is 0 Å². The number of hydrogen-bond donors (Lipinski definition) is 1. The van der Waals surface area contributed by atoms with E-state index in [-0.39, 0.29) is 39.6 Å². The number of ether oxygens (including phenoxy) is 12. The summed E-state index contributed by atoms with van der Waals surface area (Å²) >= 11 is 0. The molecule has 0 atom stereocenters. The Labute approximate surface area is 292 Å². The van der Waals surface area contributed by atoms with Gasteiger partial charge in [-0.2, -0.15) is 8.78 Å². The van der Waals surface area contributed by atoms with Crippen molar-refractivity contribution >= 4 is 11.9 Å². The molecule has 20 heteroatoms. The molecule has 0 amide bonds. The lowest BCUT2D eigenvalue weighted by Gasteiger charge is -2.09. The lowest BCUT2D eigenvalue weighted by Crippen LogP contribution is -2.16. The first-order chi connectivity index (χ1) is 24.8. The number of rotatable bonds is 36. The molecule has 0 saturated carbocycles. The molecule has 15 nitrogen and oxygen atoms in total. The summed E-state index contributed by atoms with van der Waals surface area (Å²) in [6.45, 7) is 6.41. The van der Waals surface area contributed by atoms with Gasteiger partial charge in [0.05, 0.1) is 145 Å². The average molecular weight is 755 g/mol. The summed E-state index contributed by atoms with van der Waals surface area (Å²) in [6.07, 6.45) is -0.493. The summed E-state index contributed by atoms with van der Waals surface area (Å²) in [4.78, 5) is 21.9. The van der Waals surface area contributed by atoms with Crippen LogP contribution in [0.25, 0.3) is 0 Å². The van der Waals surface area contributed by atoms with Crippen molar-refractivity contribution in [1.82, 2.24) is 0 Å². The van der Waals surface area contributed by atoms with E-state index in [9.17, 15) is 31.5 Å². The maximum absolute atomic E-state index is 13.5. The van der Waals surface area contributed by atoms with Crippen LogP contribution in [0.15, 0.2) is 0 Å². The molecule has 0 heterocycles. The summed E-state index contributed by atoms with van der Waals surface area (Å²) in [5.74, 6) is -15.2. The predicted molar refractivity (Wildman–Crippen MR) is 163 cm³/mol. The summed E-state index contributed by atoms with van der Waals surface area (Å²) in [6, 6.07) is 0. The predicted octanol–water partition coefficient (Wildman–Crippen LogP) is 1.94. The molecule has 0 fully saturated rings. The van der Waals surface area contributed by atoms with Gasteiger partial charge in [0.15, 0.2) is 0 Å². The lowest BCUT2D eigenvalue weighted by atomic mass is 10.2. The molecule has 0 unspecified atom stereocenters. The fourth-order valence-electron chi connectivity index (χ4n) is 3.35. The normalized spacial score (nSPS) is 11.4. The maximum Gasteiger partial charge on any atom is 0.329 e. The van der Waals surface area contributed by atoms with Gasteiger partial charge in [-0.05, 0) is 0 Å². The highest BCUT2D eigenvalue weighted by Crippen LogP contribution is 2.29. The van der Waals surface area contributed by atoms with Crippen LogP contribution in [0, 0.1) is 29.1 Å². The van der Waals surface area contributed by atoms with Crippen molar-refractivity contribution in [3.05, 3.63) is 29.1 Å². The second-order valence-electron chi connectivity index (χ2n) is 9.69. The molecular weight excluding hydrogens is 707 g/mol. The third-order valence-corrected chi connectivity index (χ3v) is 5.78. The third kappa shape index (κ3) is 25.1. The van der Waals surface area contributed by atoms with Crippen LogP contribution in [-0.2, 0) is 61.7 Å². The summed E-state index contributed by atoms with van der Waals surface area (Å²) in [7, 11) is 0. The van der Waals surface area contributed by atoms with Gasteiger partial charge in [0.1, 0.15) is 6.61 Å². The van der Waals surface area contributed by atoms with Crippen LogP contribution in [-0.4, -0.2) is 162 Å². The number of carboxylic acid groups (broad SMARTS) is 1. The highest BCUT2D eigenvalue weighted by atomic mass is 19.2. The monoisotopic (exact) mass is 754 g/mol. The van der Waals surface area contributed by atoms with Crippen LogP contribution in [0.1, 0.15) is 6.42 Å². The molecule has 1 aromatic carbocycles. The van der Waals surface area contributed by atoms with Gasteiger partial charge in [0.2, 0.25) is 34.8 Å². The van der Waals surface area contributed by atoms with Crippen molar-refractivity contribution in [1.29, 1.82) is 0 Å². The van der Waals surface area contributed by atoms with Crippen molar-refractivity contribution in [2.75, 3.05) is 145 Å². The zero-order valence-electron chi connectivity index (χ0n) is 28.3. The van der Waals surface area contributed by atoms with E-state index in [1.165, 1.54) is 0 Å². The number of carboxylic acids is 1. The molecule has 0 aromatic heterocycles. The molecule has 0 aliphatic heterocycles. The number of hydrogen-bond acceptors (Lipinski definition) is 14. The second-order valence-corrected chi connectivity index (χ2v) is 9.69. The molecule has 0 radical (unpaired) electrons. The first-order valence-electron chi connectivity index (χ1n) is 16.0. The van der Waals surface area contributed by atoms with E-state index in [0.717, 1.165) is 0 Å².